The Morgan fingerprint density at radius 1 is 1.75 bits per heavy atom. The van der Waals surface area contributed by atoms with Crippen molar-refractivity contribution in [2.45, 2.75) is 6.92 Å². The van der Waals surface area contributed by atoms with Gasteiger partial charge in [0.1, 0.15) is 0 Å². The Morgan fingerprint density at radius 3 is 2.75 bits per heavy atom. The van der Waals surface area contributed by atoms with Crippen LogP contribution in [0.5, 0.6) is 0 Å². The maximum absolute atomic E-state index is 3.74. The van der Waals surface area contributed by atoms with E-state index in [1.165, 1.54) is 0 Å². The highest BCUT2D eigenvalue weighted by atomic mass is 15.6. The fourth-order valence-electron chi connectivity index (χ4n) is 0.457. The summed E-state index contributed by atoms with van der Waals surface area (Å²) < 4.78 is 0. The Kier molecular flexibility index (Phi) is 1.15. The van der Waals surface area contributed by atoms with Crippen molar-refractivity contribution < 1.29 is 0 Å². The monoisotopic (exact) mass is 112 g/mol. The second-order valence-electron chi connectivity index (χ2n) is 1.53. The summed E-state index contributed by atoms with van der Waals surface area (Å²) in [5.74, 6) is 0. The van der Waals surface area contributed by atoms with Gasteiger partial charge in [0.05, 0.1) is 11.9 Å². The maximum atomic E-state index is 3.74. The van der Waals surface area contributed by atoms with Crippen LogP contribution >= 0.6 is 0 Å². The Morgan fingerprint density at radius 2 is 2.50 bits per heavy atom. The molecule has 1 aromatic heterocycles. The summed E-state index contributed by atoms with van der Waals surface area (Å²) in [5, 5.41) is 7.43. The summed E-state index contributed by atoms with van der Waals surface area (Å²) in [6.07, 6.45) is 1.81. The van der Waals surface area contributed by atoms with Crippen molar-refractivity contribution in [3.05, 3.63) is 11.9 Å². The Bertz CT molecular complexity index is 168. The second kappa shape index (κ2) is 1.81. The van der Waals surface area contributed by atoms with E-state index in [-0.39, 0.29) is 0 Å². The minimum atomic E-state index is 0.916. The van der Waals surface area contributed by atoms with E-state index >= 15 is 0 Å². The van der Waals surface area contributed by atoms with Gasteiger partial charge in [0.25, 0.3) is 0 Å². The molecule has 0 aliphatic carbocycles. The highest BCUT2D eigenvalue weighted by Gasteiger charge is 1.87. The minimum absolute atomic E-state index is 0.916. The third kappa shape index (κ3) is 0.776. The van der Waals surface area contributed by atoms with E-state index in [1.807, 2.05) is 6.92 Å². The molecule has 0 saturated heterocycles. The summed E-state index contributed by atoms with van der Waals surface area (Å²) in [7, 11) is 1.79. The molecule has 4 nitrogen and oxygen atoms in total. The molecule has 1 rings (SSSR count). The molecular formula is C4H8N4. The first-order valence-electron chi connectivity index (χ1n) is 2.39. The van der Waals surface area contributed by atoms with Gasteiger partial charge in [0.15, 0.2) is 0 Å². The molecule has 0 bridgehead atoms. The van der Waals surface area contributed by atoms with Crippen molar-refractivity contribution in [2.24, 2.45) is 0 Å². The maximum Gasteiger partial charge on any atom is 0.0818 e. The van der Waals surface area contributed by atoms with E-state index in [1.54, 1.807) is 18.0 Å². The van der Waals surface area contributed by atoms with Crippen LogP contribution in [-0.4, -0.2) is 22.2 Å². The number of aromatic nitrogens is 3. The third-order valence-corrected chi connectivity index (χ3v) is 0.837. The van der Waals surface area contributed by atoms with Gasteiger partial charge in [-0.2, -0.15) is 4.79 Å². The van der Waals surface area contributed by atoms with E-state index in [0.717, 1.165) is 5.69 Å². The Labute approximate surface area is 47.5 Å². The summed E-state index contributed by atoms with van der Waals surface area (Å²) >= 11 is 0. The minimum Gasteiger partial charge on any atom is -0.312 e. The van der Waals surface area contributed by atoms with Crippen molar-refractivity contribution in [3.8, 4) is 0 Å². The summed E-state index contributed by atoms with van der Waals surface area (Å²) in [4.78, 5) is 1.55. The zero-order valence-corrected chi connectivity index (χ0v) is 4.92. The quantitative estimate of drug-likeness (QED) is 0.545. The van der Waals surface area contributed by atoms with E-state index in [0.29, 0.717) is 0 Å². The molecule has 0 spiro atoms. The van der Waals surface area contributed by atoms with Gasteiger partial charge in [-0.3, -0.25) is 0 Å². The van der Waals surface area contributed by atoms with Crippen LogP contribution in [0.25, 0.3) is 0 Å². The Balaban J connectivity index is 2.84. The number of nitrogens with zero attached hydrogens (tertiary/aromatic N) is 3. The van der Waals surface area contributed by atoms with Gasteiger partial charge >= 0.3 is 0 Å². The fraction of sp³-hybridized carbons (Fsp3) is 0.500. The molecule has 8 heavy (non-hydrogen) atoms. The van der Waals surface area contributed by atoms with Crippen LogP contribution in [-0.2, 0) is 0 Å². The molecule has 0 unspecified atom stereocenters. The summed E-state index contributed by atoms with van der Waals surface area (Å²) in [6.45, 7) is 1.89. The molecule has 44 valence electrons. The molecule has 0 aliphatic heterocycles. The number of aryl methyl sites for hydroxylation is 1. The van der Waals surface area contributed by atoms with Crippen molar-refractivity contribution in [1.82, 2.24) is 15.1 Å². The van der Waals surface area contributed by atoms with Gasteiger partial charge in [-0.1, -0.05) is 0 Å². The van der Waals surface area contributed by atoms with Crippen LogP contribution in [0, 0.1) is 6.92 Å². The van der Waals surface area contributed by atoms with Crippen molar-refractivity contribution in [1.29, 1.82) is 0 Å². The van der Waals surface area contributed by atoms with Gasteiger partial charge in [-0.05, 0) is 12.1 Å². The van der Waals surface area contributed by atoms with Gasteiger partial charge < -0.3 is 5.43 Å². The highest BCUT2D eigenvalue weighted by molar-refractivity contribution is 4.87. The molecular weight excluding hydrogens is 104 g/mol. The van der Waals surface area contributed by atoms with E-state index in [9.17, 15) is 0 Å². The number of hydrogen-bond acceptors (Lipinski definition) is 3. The normalized spacial score (nSPS) is 9.25. The third-order valence-electron chi connectivity index (χ3n) is 0.837. The molecule has 0 saturated carbocycles. The zero-order valence-electron chi connectivity index (χ0n) is 4.92. The molecule has 4 heteroatoms. The van der Waals surface area contributed by atoms with Gasteiger partial charge in [-0.15, -0.1) is 5.10 Å². The average Bonchev–Trinajstić information content (AvgIpc) is 2.14. The van der Waals surface area contributed by atoms with Gasteiger partial charge in [0, 0.05) is 7.05 Å². The van der Waals surface area contributed by atoms with Crippen LogP contribution in [0.15, 0.2) is 6.20 Å². The number of rotatable bonds is 1. The van der Waals surface area contributed by atoms with Crippen LogP contribution in [0.1, 0.15) is 5.69 Å². The first-order chi connectivity index (χ1) is 3.83. The molecule has 0 aromatic carbocycles. The molecule has 0 amide bonds. The van der Waals surface area contributed by atoms with Gasteiger partial charge in [0.2, 0.25) is 0 Å². The van der Waals surface area contributed by atoms with Crippen LogP contribution in [0.3, 0.4) is 0 Å². The van der Waals surface area contributed by atoms with Crippen molar-refractivity contribution in [3.63, 3.8) is 0 Å². The lowest BCUT2D eigenvalue weighted by Gasteiger charge is -1.91. The smallest absolute Gasteiger partial charge is 0.0818 e. The SMILES string of the molecule is CNn1cc(C)nn1. The lowest BCUT2D eigenvalue weighted by atomic mass is 10.6. The molecule has 0 fully saturated rings. The second-order valence-corrected chi connectivity index (χ2v) is 1.53. The van der Waals surface area contributed by atoms with Crippen molar-refractivity contribution in [2.75, 3.05) is 12.5 Å². The zero-order chi connectivity index (χ0) is 5.98. The predicted molar refractivity (Wildman–Crippen MR) is 30.0 cm³/mol. The number of hydrogen-bond donors (Lipinski definition) is 1. The van der Waals surface area contributed by atoms with Crippen LogP contribution in [0.2, 0.25) is 0 Å². The molecule has 1 aromatic rings. The summed E-state index contributed by atoms with van der Waals surface area (Å²) in [6, 6.07) is 0. The largest absolute Gasteiger partial charge is 0.312 e. The number of nitrogens with one attached hydrogen (secondary N) is 1. The summed E-state index contributed by atoms with van der Waals surface area (Å²) in [5.41, 5.74) is 3.71. The predicted octanol–water partition coefficient (Wildman–Crippen LogP) is -0.240. The molecule has 0 atom stereocenters. The molecule has 0 radical (unpaired) electrons. The lowest BCUT2D eigenvalue weighted by Crippen LogP contribution is -2.08. The molecule has 0 aliphatic rings. The molecule has 1 heterocycles. The lowest BCUT2D eigenvalue weighted by molar-refractivity contribution is 0.727. The topological polar surface area (TPSA) is 42.7 Å². The molecule has 1 N–H and O–H groups in total. The first-order valence-corrected chi connectivity index (χ1v) is 2.39. The van der Waals surface area contributed by atoms with E-state index in [2.05, 4.69) is 15.7 Å². The fourth-order valence-corrected chi connectivity index (χ4v) is 0.457. The Hall–Kier alpha value is -1.06. The first kappa shape index (κ1) is 5.08. The van der Waals surface area contributed by atoms with Crippen LogP contribution in [0.4, 0.5) is 0 Å². The van der Waals surface area contributed by atoms with Gasteiger partial charge in [-0.25, -0.2) is 0 Å². The standard InChI is InChI=1S/C4H8N4/c1-4-3-8(5-2)7-6-4/h3,5H,1-2H3. The van der Waals surface area contributed by atoms with Crippen molar-refractivity contribution >= 4 is 0 Å². The van der Waals surface area contributed by atoms with Crippen LogP contribution < -0.4 is 5.43 Å². The highest BCUT2D eigenvalue weighted by Crippen LogP contribution is 1.83. The average molecular weight is 112 g/mol. The van der Waals surface area contributed by atoms with E-state index < -0.39 is 0 Å². The van der Waals surface area contributed by atoms with E-state index in [4.69, 9.17) is 0 Å².